The maximum absolute atomic E-state index is 11.8. The summed E-state index contributed by atoms with van der Waals surface area (Å²) in [6.45, 7) is 1.40. The summed E-state index contributed by atoms with van der Waals surface area (Å²) in [5.41, 5.74) is 1.74. The third-order valence-electron chi connectivity index (χ3n) is 2.61. The Morgan fingerprint density at radius 1 is 1.32 bits per heavy atom. The van der Waals surface area contributed by atoms with Crippen LogP contribution in [0.2, 0.25) is 0 Å². The number of benzene rings is 1. The van der Waals surface area contributed by atoms with Crippen LogP contribution in [-0.4, -0.2) is 33.2 Å². The van der Waals surface area contributed by atoms with Crippen LogP contribution in [0.4, 0.5) is 0 Å². The van der Waals surface area contributed by atoms with Crippen molar-refractivity contribution >= 4 is 11.9 Å². The van der Waals surface area contributed by atoms with Gasteiger partial charge in [-0.1, -0.05) is 30.3 Å². The van der Waals surface area contributed by atoms with Gasteiger partial charge < -0.3 is 10.4 Å². The molecule has 6 nitrogen and oxygen atoms in total. The second kappa shape index (κ2) is 5.34. The van der Waals surface area contributed by atoms with Gasteiger partial charge in [-0.15, -0.1) is 0 Å². The van der Waals surface area contributed by atoms with Gasteiger partial charge in [0.2, 0.25) is 0 Å². The van der Waals surface area contributed by atoms with E-state index in [0.717, 1.165) is 5.56 Å². The minimum atomic E-state index is -1.09. The molecule has 2 aromatic rings. The number of aliphatic carboxylic acids is 1. The van der Waals surface area contributed by atoms with Gasteiger partial charge in [-0.25, -0.2) is 0 Å². The summed E-state index contributed by atoms with van der Waals surface area (Å²) in [6, 6.07) is 10.0. The lowest BCUT2D eigenvalue weighted by Gasteiger charge is -2.06. The first kappa shape index (κ1) is 12.8. The molecule has 3 N–H and O–H groups in total. The van der Waals surface area contributed by atoms with E-state index in [0.29, 0.717) is 5.69 Å². The van der Waals surface area contributed by atoms with Crippen LogP contribution in [0.5, 0.6) is 0 Å². The molecular weight excluding hydrogens is 246 g/mol. The Labute approximate surface area is 109 Å². The lowest BCUT2D eigenvalue weighted by atomic mass is 10.1. The van der Waals surface area contributed by atoms with E-state index in [1.54, 1.807) is 6.07 Å². The molecule has 0 saturated carbocycles. The summed E-state index contributed by atoms with van der Waals surface area (Å²) in [5, 5.41) is 17.7. The van der Waals surface area contributed by atoms with Crippen LogP contribution in [-0.2, 0) is 4.79 Å². The zero-order valence-corrected chi connectivity index (χ0v) is 10.3. The molecule has 1 aromatic carbocycles. The quantitative estimate of drug-likeness (QED) is 0.770. The standard InChI is InChI=1S/C13H13N3O3/c1-8(13(18)19)14-12(17)11-7-10(15-16-11)9-5-3-2-4-6-9/h2-8H,1H3,(H,14,17)(H,15,16)(H,18,19)/t8-/m0/s1. The topological polar surface area (TPSA) is 95.1 Å². The van der Waals surface area contributed by atoms with Gasteiger partial charge in [0.15, 0.2) is 0 Å². The van der Waals surface area contributed by atoms with E-state index in [1.165, 1.54) is 6.92 Å². The first-order valence-electron chi connectivity index (χ1n) is 5.72. The Hall–Kier alpha value is -2.63. The van der Waals surface area contributed by atoms with E-state index in [2.05, 4.69) is 15.5 Å². The third-order valence-corrected chi connectivity index (χ3v) is 2.61. The number of H-pyrrole nitrogens is 1. The summed E-state index contributed by atoms with van der Waals surface area (Å²) in [7, 11) is 0. The monoisotopic (exact) mass is 259 g/mol. The lowest BCUT2D eigenvalue weighted by molar-refractivity contribution is -0.138. The van der Waals surface area contributed by atoms with Gasteiger partial charge in [0.25, 0.3) is 5.91 Å². The fourth-order valence-corrected chi connectivity index (χ4v) is 1.53. The number of aromatic nitrogens is 2. The van der Waals surface area contributed by atoms with Gasteiger partial charge in [0.05, 0.1) is 5.69 Å². The molecule has 1 atom stereocenters. The fourth-order valence-electron chi connectivity index (χ4n) is 1.53. The molecular formula is C13H13N3O3. The third kappa shape index (κ3) is 2.98. The highest BCUT2D eigenvalue weighted by atomic mass is 16.4. The Balaban J connectivity index is 2.13. The second-order valence-corrected chi connectivity index (χ2v) is 4.07. The van der Waals surface area contributed by atoms with Gasteiger partial charge in [-0.3, -0.25) is 14.7 Å². The first-order valence-corrected chi connectivity index (χ1v) is 5.72. The van der Waals surface area contributed by atoms with Gasteiger partial charge in [0, 0.05) is 5.56 Å². The number of amides is 1. The molecule has 0 aliphatic carbocycles. The molecule has 1 aromatic heterocycles. The van der Waals surface area contributed by atoms with Crippen molar-refractivity contribution in [3.05, 3.63) is 42.1 Å². The van der Waals surface area contributed by atoms with Crippen molar-refractivity contribution in [3.63, 3.8) is 0 Å². The van der Waals surface area contributed by atoms with Crippen LogP contribution in [0.3, 0.4) is 0 Å². The predicted molar refractivity (Wildman–Crippen MR) is 68.6 cm³/mol. The van der Waals surface area contributed by atoms with Crippen LogP contribution in [0, 0.1) is 0 Å². The minimum absolute atomic E-state index is 0.229. The van der Waals surface area contributed by atoms with Crippen molar-refractivity contribution in [2.75, 3.05) is 0 Å². The van der Waals surface area contributed by atoms with E-state index in [-0.39, 0.29) is 5.69 Å². The highest BCUT2D eigenvalue weighted by Gasteiger charge is 2.17. The number of aromatic amines is 1. The first-order chi connectivity index (χ1) is 9.08. The maximum Gasteiger partial charge on any atom is 0.325 e. The molecule has 1 heterocycles. The number of carboxylic acid groups (broad SMARTS) is 1. The average molecular weight is 259 g/mol. The van der Waals surface area contributed by atoms with Crippen molar-refractivity contribution < 1.29 is 14.7 Å². The second-order valence-electron chi connectivity index (χ2n) is 4.07. The van der Waals surface area contributed by atoms with Crippen molar-refractivity contribution in [1.29, 1.82) is 0 Å². The minimum Gasteiger partial charge on any atom is -0.480 e. The Bertz CT molecular complexity index is 592. The van der Waals surface area contributed by atoms with Crippen LogP contribution in [0.1, 0.15) is 17.4 Å². The van der Waals surface area contributed by atoms with E-state index in [1.807, 2.05) is 30.3 Å². The largest absolute Gasteiger partial charge is 0.480 e. The summed E-state index contributed by atoms with van der Waals surface area (Å²) in [6.07, 6.45) is 0. The SMILES string of the molecule is C[C@H](NC(=O)c1cc(-c2ccccc2)n[nH]1)C(=O)O. The lowest BCUT2D eigenvalue weighted by Crippen LogP contribution is -2.38. The highest BCUT2D eigenvalue weighted by molar-refractivity contribution is 5.95. The number of nitrogens with zero attached hydrogens (tertiary/aromatic N) is 1. The molecule has 0 bridgehead atoms. The molecule has 0 aliphatic heterocycles. The predicted octanol–water partition coefficient (Wildman–Crippen LogP) is 1.28. The summed E-state index contributed by atoms with van der Waals surface area (Å²) < 4.78 is 0. The summed E-state index contributed by atoms with van der Waals surface area (Å²) in [4.78, 5) is 22.4. The molecule has 98 valence electrons. The number of hydrogen-bond donors (Lipinski definition) is 3. The summed E-state index contributed by atoms with van der Waals surface area (Å²) >= 11 is 0. The fraction of sp³-hybridized carbons (Fsp3) is 0.154. The van der Waals surface area contributed by atoms with Crippen molar-refractivity contribution in [1.82, 2.24) is 15.5 Å². The van der Waals surface area contributed by atoms with Gasteiger partial charge >= 0.3 is 5.97 Å². The molecule has 0 aliphatic rings. The normalized spacial score (nSPS) is 11.8. The Kier molecular flexibility index (Phi) is 3.61. The van der Waals surface area contributed by atoms with Crippen molar-refractivity contribution in [2.24, 2.45) is 0 Å². The molecule has 1 amide bonds. The Morgan fingerprint density at radius 3 is 2.63 bits per heavy atom. The van der Waals surface area contributed by atoms with Crippen LogP contribution in [0.25, 0.3) is 11.3 Å². The van der Waals surface area contributed by atoms with Crippen molar-refractivity contribution in [3.8, 4) is 11.3 Å². The van der Waals surface area contributed by atoms with E-state index in [4.69, 9.17) is 5.11 Å². The summed E-state index contributed by atoms with van der Waals surface area (Å²) in [5.74, 6) is -1.58. The number of carboxylic acids is 1. The number of carbonyl (C=O) groups is 2. The number of hydrogen-bond acceptors (Lipinski definition) is 3. The molecule has 2 rings (SSSR count). The molecule has 0 spiro atoms. The molecule has 19 heavy (non-hydrogen) atoms. The molecule has 0 saturated heterocycles. The van der Waals surface area contributed by atoms with Crippen LogP contribution in [0.15, 0.2) is 36.4 Å². The molecule has 0 radical (unpaired) electrons. The molecule has 6 heteroatoms. The number of carbonyl (C=O) groups excluding carboxylic acids is 1. The van der Waals surface area contributed by atoms with Gasteiger partial charge in [-0.05, 0) is 13.0 Å². The smallest absolute Gasteiger partial charge is 0.325 e. The maximum atomic E-state index is 11.8. The van der Waals surface area contributed by atoms with E-state index in [9.17, 15) is 9.59 Å². The zero-order valence-electron chi connectivity index (χ0n) is 10.3. The molecule has 0 fully saturated rings. The number of nitrogens with one attached hydrogen (secondary N) is 2. The van der Waals surface area contributed by atoms with Crippen LogP contribution >= 0.6 is 0 Å². The van der Waals surface area contributed by atoms with E-state index < -0.39 is 17.9 Å². The van der Waals surface area contributed by atoms with Crippen LogP contribution < -0.4 is 5.32 Å². The Morgan fingerprint density at radius 2 is 2.00 bits per heavy atom. The average Bonchev–Trinajstić information content (AvgIpc) is 2.89. The van der Waals surface area contributed by atoms with E-state index >= 15 is 0 Å². The molecule has 0 unspecified atom stereocenters. The zero-order chi connectivity index (χ0) is 13.8. The number of rotatable bonds is 4. The van der Waals surface area contributed by atoms with Crippen molar-refractivity contribution in [2.45, 2.75) is 13.0 Å². The highest BCUT2D eigenvalue weighted by Crippen LogP contribution is 2.16. The van der Waals surface area contributed by atoms with Gasteiger partial charge in [0.1, 0.15) is 11.7 Å². The van der Waals surface area contributed by atoms with Gasteiger partial charge in [-0.2, -0.15) is 5.10 Å².